The van der Waals surface area contributed by atoms with E-state index >= 15 is 0 Å². The summed E-state index contributed by atoms with van der Waals surface area (Å²) in [6, 6.07) is 1.92. The van der Waals surface area contributed by atoms with Crippen molar-refractivity contribution < 1.29 is 0 Å². The van der Waals surface area contributed by atoms with Crippen LogP contribution in [0.2, 0.25) is 5.15 Å². The summed E-state index contributed by atoms with van der Waals surface area (Å²) in [6.45, 7) is 0. The van der Waals surface area contributed by atoms with Crippen LogP contribution in [0.15, 0.2) is 16.2 Å². The van der Waals surface area contributed by atoms with Crippen LogP contribution in [0.5, 0.6) is 0 Å². The Bertz CT molecular complexity index is 401. The molecule has 64 valence electrons. The Balaban J connectivity index is 0.000000720. The van der Waals surface area contributed by atoms with Crippen LogP contribution >= 0.6 is 38.9 Å². The number of fused-ring (bicyclic) bond motifs is 1. The van der Waals surface area contributed by atoms with Gasteiger partial charge in [0.2, 0.25) is 0 Å². The van der Waals surface area contributed by atoms with Crippen LogP contribution in [-0.4, -0.2) is 9.97 Å². The van der Waals surface area contributed by atoms with Crippen molar-refractivity contribution in [3.05, 3.63) is 21.3 Å². The van der Waals surface area contributed by atoms with Gasteiger partial charge in [0.1, 0.15) is 16.3 Å². The molecular weight excluding hydrogens is 260 g/mol. The minimum absolute atomic E-state index is 0. The first-order valence-electron chi connectivity index (χ1n) is 2.83. The van der Waals surface area contributed by atoms with Gasteiger partial charge in [-0.05, 0) is 22.0 Å². The van der Waals surface area contributed by atoms with Gasteiger partial charge >= 0.3 is 0 Å². The second kappa shape index (κ2) is 3.68. The molecule has 0 amide bonds. The molecule has 0 aromatic carbocycles. The summed E-state index contributed by atoms with van der Waals surface area (Å²) in [5, 5.41) is 1.42. The first kappa shape index (κ1) is 9.89. The largest absolute Gasteiger partial charge is 0.225 e. The molecule has 0 saturated heterocycles. The van der Waals surface area contributed by atoms with E-state index in [-0.39, 0.29) is 7.43 Å². The molecule has 0 saturated carbocycles. The Morgan fingerprint density at radius 2 is 2.17 bits per heavy atom. The van der Waals surface area contributed by atoms with Crippen LogP contribution in [0, 0.1) is 0 Å². The number of aromatic nitrogens is 2. The van der Waals surface area contributed by atoms with E-state index in [9.17, 15) is 0 Å². The van der Waals surface area contributed by atoms with Crippen LogP contribution in [0.3, 0.4) is 0 Å². The Labute approximate surface area is 87.7 Å². The van der Waals surface area contributed by atoms with Crippen LogP contribution in [-0.2, 0) is 0 Å². The average Bonchev–Trinajstić information content (AvgIpc) is 2.31. The zero-order valence-electron chi connectivity index (χ0n) is 5.21. The van der Waals surface area contributed by atoms with E-state index in [1.165, 1.54) is 6.33 Å². The standard InChI is InChI=1S/C6H2BrClN2S.CH4/c7-4-1-3-5(8)9-2-10-6(3)11-4;/h1-2H;1H4. The predicted octanol–water partition coefficient (Wildman–Crippen LogP) is 3.74. The van der Waals surface area contributed by atoms with Gasteiger partial charge in [0.25, 0.3) is 0 Å². The van der Waals surface area contributed by atoms with Gasteiger partial charge in [0.15, 0.2) is 0 Å². The molecular formula is C7H6BrClN2S. The molecule has 0 aliphatic carbocycles. The zero-order valence-corrected chi connectivity index (χ0v) is 8.37. The van der Waals surface area contributed by atoms with Gasteiger partial charge < -0.3 is 0 Å². The molecule has 5 heteroatoms. The van der Waals surface area contributed by atoms with Gasteiger partial charge in [-0.3, -0.25) is 0 Å². The maximum Gasteiger partial charge on any atom is 0.141 e. The Hall–Kier alpha value is -0.190. The summed E-state index contributed by atoms with van der Waals surface area (Å²) in [4.78, 5) is 8.83. The fraction of sp³-hybridized carbons (Fsp3) is 0.143. The Kier molecular flexibility index (Phi) is 3.04. The number of thiophene rings is 1. The third kappa shape index (κ3) is 1.60. The predicted molar refractivity (Wildman–Crippen MR) is 56.9 cm³/mol. The minimum atomic E-state index is 0. The SMILES string of the molecule is C.Clc1ncnc2sc(Br)cc12. The summed E-state index contributed by atoms with van der Waals surface area (Å²) in [5.41, 5.74) is 0. The normalized spacial score (nSPS) is 9.83. The highest BCUT2D eigenvalue weighted by molar-refractivity contribution is 9.11. The van der Waals surface area contributed by atoms with E-state index in [4.69, 9.17) is 11.6 Å². The van der Waals surface area contributed by atoms with Crippen molar-refractivity contribution in [1.29, 1.82) is 0 Å². The van der Waals surface area contributed by atoms with Gasteiger partial charge in [-0.25, -0.2) is 9.97 Å². The molecule has 0 aliphatic rings. The van der Waals surface area contributed by atoms with E-state index in [0.29, 0.717) is 5.15 Å². The van der Waals surface area contributed by atoms with Crippen molar-refractivity contribution in [1.82, 2.24) is 9.97 Å². The molecule has 0 bridgehead atoms. The maximum atomic E-state index is 5.81. The van der Waals surface area contributed by atoms with Gasteiger partial charge in [0.05, 0.1) is 3.79 Å². The van der Waals surface area contributed by atoms with E-state index in [1.54, 1.807) is 11.3 Å². The summed E-state index contributed by atoms with van der Waals surface area (Å²) in [5.74, 6) is 0. The van der Waals surface area contributed by atoms with Crippen molar-refractivity contribution >= 4 is 49.1 Å². The van der Waals surface area contributed by atoms with Crippen molar-refractivity contribution in [2.45, 2.75) is 7.43 Å². The number of rotatable bonds is 0. The summed E-state index contributed by atoms with van der Waals surface area (Å²) in [6.07, 6.45) is 1.47. The minimum Gasteiger partial charge on any atom is -0.225 e. The summed E-state index contributed by atoms with van der Waals surface area (Å²) in [7, 11) is 0. The average molecular weight is 266 g/mol. The van der Waals surface area contributed by atoms with Crippen LogP contribution in [0.25, 0.3) is 10.2 Å². The fourth-order valence-electron chi connectivity index (χ4n) is 0.797. The van der Waals surface area contributed by atoms with Crippen LogP contribution in [0.4, 0.5) is 0 Å². The molecule has 2 heterocycles. The molecule has 0 unspecified atom stereocenters. The lowest BCUT2D eigenvalue weighted by molar-refractivity contribution is 1.23. The van der Waals surface area contributed by atoms with Crippen LogP contribution < -0.4 is 0 Å². The molecule has 12 heavy (non-hydrogen) atoms. The second-order valence-corrected chi connectivity index (χ2v) is 4.70. The highest BCUT2D eigenvalue weighted by Gasteiger charge is 2.03. The molecule has 0 N–H and O–H groups in total. The Morgan fingerprint density at radius 3 is 2.83 bits per heavy atom. The lowest BCUT2D eigenvalue weighted by Crippen LogP contribution is -1.76. The molecule has 2 aromatic heterocycles. The smallest absolute Gasteiger partial charge is 0.141 e. The molecule has 0 fully saturated rings. The number of hydrogen-bond acceptors (Lipinski definition) is 3. The van der Waals surface area contributed by atoms with Gasteiger partial charge in [-0.1, -0.05) is 19.0 Å². The number of hydrogen-bond donors (Lipinski definition) is 0. The van der Waals surface area contributed by atoms with Crippen molar-refractivity contribution in [3.63, 3.8) is 0 Å². The van der Waals surface area contributed by atoms with E-state index in [0.717, 1.165) is 14.0 Å². The first-order valence-corrected chi connectivity index (χ1v) is 4.81. The van der Waals surface area contributed by atoms with Crippen LogP contribution in [0.1, 0.15) is 7.43 Å². The first-order chi connectivity index (χ1) is 5.27. The third-order valence-corrected chi connectivity index (χ3v) is 3.10. The molecule has 2 rings (SSSR count). The van der Waals surface area contributed by atoms with Crippen molar-refractivity contribution in [2.24, 2.45) is 0 Å². The van der Waals surface area contributed by atoms with Crippen molar-refractivity contribution in [3.8, 4) is 0 Å². The molecule has 2 nitrogen and oxygen atoms in total. The van der Waals surface area contributed by atoms with E-state index < -0.39 is 0 Å². The molecule has 0 radical (unpaired) electrons. The topological polar surface area (TPSA) is 25.8 Å². The molecule has 2 aromatic rings. The van der Waals surface area contributed by atoms with Gasteiger partial charge in [-0.2, -0.15) is 0 Å². The highest BCUT2D eigenvalue weighted by Crippen LogP contribution is 2.30. The van der Waals surface area contributed by atoms with E-state index in [1.807, 2.05) is 6.07 Å². The highest BCUT2D eigenvalue weighted by atomic mass is 79.9. The third-order valence-electron chi connectivity index (χ3n) is 1.25. The maximum absolute atomic E-state index is 5.81. The quantitative estimate of drug-likeness (QED) is 0.678. The Morgan fingerprint density at radius 1 is 1.42 bits per heavy atom. The second-order valence-electron chi connectivity index (χ2n) is 1.93. The van der Waals surface area contributed by atoms with Gasteiger partial charge in [-0.15, -0.1) is 11.3 Å². The lowest BCUT2D eigenvalue weighted by atomic mass is 10.4. The molecule has 0 aliphatic heterocycles. The van der Waals surface area contributed by atoms with Gasteiger partial charge in [0, 0.05) is 5.39 Å². The zero-order chi connectivity index (χ0) is 7.84. The number of halogens is 2. The monoisotopic (exact) mass is 264 g/mol. The summed E-state index contributed by atoms with van der Waals surface area (Å²) >= 11 is 10.7. The fourth-order valence-corrected chi connectivity index (χ4v) is 2.46. The summed E-state index contributed by atoms with van der Waals surface area (Å²) < 4.78 is 1.02. The number of nitrogens with zero attached hydrogens (tertiary/aromatic N) is 2. The molecule has 0 spiro atoms. The molecule has 0 atom stereocenters. The van der Waals surface area contributed by atoms with Crippen molar-refractivity contribution in [2.75, 3.05) is 0 Å². The van der Waals surface area contributed by atoms with E-state index in [2.05, 4.69) is 25.9 Å². The lowest BCUT2D eigenvalue weighted by Gasteiger charge is -1.87.